The molecule has 0 radical (unpaired) electrons. The number of methoxy groups -OCH3 is 1. The van der Waals surface area contributed by atoms with E-state index >= 15 is 0 Å². The van der Waals surface area contributed by atoms with E-state index in [1.165, 1.54) is 0 Å². The molecular formula is C11H10ClNO. The normalized spacial score (nSPS) is 10.5. The molecule has 2 rings (SSSR count). The van der Waals surface area contributed by atoms with Gasteiger partial charge in [-0.3, -0.25) is 0 Å². The number of halogens is 1. The molecular weight excluding hydrogens is 198 g/mol. The van der Waals surface area contributed by atoms with Gasteiger partial charge in [0.15, 0.2) is 0 Å². The fourth-order valence-electron chi connectivity index (χ4n) is 1.48. The minimum absolute atomic E-state index is 0.650. The van der Waals surface area contributed by atoms with E-state index in [2.05, 4.69) is 4.98 Å². The van der Waals surface area contributed by atoms with Gasteiger partial charge in [0.05, 0.1) is 7.11 Å². The Morgan fingerprint density at radius 2 is 2.07 bits per heavy atom. The minimum atomic E-state index is 0.650. The third kappa shape index (κ3) is 1.53. The highest BCUT2D eigenvalue weighted by atomic mass is 35.5. The molecule has 0 aliphatic carbocycles. The van der Waals surface area contributed by atoms with Gasteiger partial charge in [-0.15, -0.1) is 0 Å². The number of rotatable bonds is 1. The largest absolute Gasteiger partial charge is 0.481 e. The van der Waals surface area contributed by atoms with Crippen molar-refractivity contribution in [3.63, 3.8) is 0 Å². The third-order valence-electron chi connectivity index (χ3n) is 2.08. The molecule has 0 fully saturated rings. The van der Waals surface area contributed by atoms with Crippen LogP contribution in [0.4, 0.5) is 0 Å². The van der Waals surface area contributed by atoms with Crippen LogP contribution >= 0.6 is 11.6 Å². The Bertz CT molecular complexity index is 477. The smallest absolute Gasteiger partial charge is 0.221 e. The van der Waals surface area contributed by atoms with Crippen LogP contribution in [0.15, 0.2) is 24.3 Å². The van der Waals surface area contributed by atoms with Crippen LogP contribution in [-0.2, 0) is 0 Å². The summed E-state index contributed by atoms with van der Waals surface area (Å²) in [6, 6.07) is 7.66. The highest BCUT2D eigenvalue weighted by molar-refractivity contribution is 6.31. The molecule has 1 heterocycles. The summed E-state index contributed by atoms with van der Waals surface area (Å²) in [5.41, 5.74) is 0.927. The maximum absolute atomic E-state index is 5.91. The Morgan fingerprint density at radius 1 is 1.29 bits per heavy atom. The zero-order valence-corrected chi connectivity index (χ0v) is 8.80. The second-order valence-electron chi connectivity index (χ2n) is 3.14. The summed E-state index contributed by atoms with van der Waals surface area (Å²) in [7, 11) is 1.62. The highest BCUT2D eigenvalue weighted by Gasteiger charge is 2.04. The van der Waals surface area contributed by atoms with Crippen LogP contribution in [0.2, 0.25) is 5.02 Å². The van der Waals surface area contributed by atoms with Crippen LogP contribution < -0.4 is 4.74 Å². The molecule has 72 valence electrons. The maximum Gasteiger partial charge on any atom is 0.221 e. The van der Waals surface area contributed by atoms with Crippen molar-refractivity contribution in [3.8, 4) is 5.88 Å². The van der Waals surface area contributed by atoms with Crippen molar-refractivity contribution in [2.24, 2.45) is 0 Å². The van der Waals surface area contributed by atoms with Crippen molar-refractivity contribution in [2.45, 2.75) is 6.92 Å². The molecule has 2 aromatic rings. The number of nitrogens with zero attached hydrogens (tertiary/aromatic N) is 1. The summed E-state index contributed by atoms with van der Waals surface area (Å²) in [6.07, 6.45) is 0. The Morgan fingerprint density at radius 3 is 2.79 bits per heavy atom. The van der Waals surface area contributed by atoms with Gasteiger partial charge in [0, 0.05) is 16.1 Å². The molecule has 0 unspecified atom stereocenters. The van der Waals surface area contributed by atoms with Crippen molar-refractivity contribution in [1.29, 1.82) is 0 Å². The zero-order valence-electron chi connectivity index (χ0n) is 8.04. The van der Waals surface area contributed by atoms with Crippen molar-refractivity contribution in [1.82, 2.24) is 4.98 Å². The van der Waals surface area contributed by atoms with Crippen LogP contribution in [0.5, 0.6) is 5.88 Å². The number of ether oxygens (including phenoxy) is 1. The van der Waals surface area contributed by atoms with Crippen molar-refractivity contribution in [3.05, 3.63) is 35.0 Å². The number of benzene rings is 1. The maximum atomic E-state index is 5.91. The SMILES string of the molecule is COc1nc(C)cc2cc(Cl)ccc12. The summed E-state index contributed by atoms with van der Waals surface area (Å²) in [5.74, 6) is 0.650. The molecule has 0 N–H and O–H groups in total. The highest BCUT2D eigenvalue weighted by Crippen LogP contribution is 2.26. The van der Waals surface area contributed by atoms with Crippen LogP contribution in [0.1, 0.15) is 5.69 Å². The van der Waals surface area contributed by atoms with E-state index in [1.807, 2.05) is 31.2 Å². The van der Waals surface area contributed by atoms with Gasteiger partial charge in [-0.2, -0.15) is 0 Å². The van der Waals surface area contributed by atoms with Gasteiger partial charge in [-0.25, -0.2) is 4.98 Å². The number of hydrogen-bond acceptors (Lipinski definition) is 2. The fourth-order valence-corrected chi connectivity index (χ4v) is 1.66. The van der Waals surface area contributed by atoms with Crippen molar-refractivity contribution < 1.29 is 4.74 Å². The molecule has 1 aromatic heterocycles. The molecule has 14 heavy (non-hydrogen) atoms. The van der Waals surface area contributed by atoms with Gasteiger partial charge in [-0.1, -0.05) is 11.6 Å². The summed E-state index contributed by atoms with van der Waals surface area (Å²) >= 11 is 5.91. The van der Waals surface area contributed by atoms with E-state index in [0.717, 1.165) is 21.5 Å². The van der Waals surface area contributed by atoms with Crippen LogP contribution in [-0.4, -0.2) is 12.1 Å². The molecule has 0 atom stereocenters. The van der Waals surface area contributed by atoms with Crippen molar-refractivity contribution >= 4 is 22.4 Å². The zero-order chi connectivity index (χ0) is 10.1. The monoisotopic (exact) mass is 207 g/mol. The molecule has 0 amide bonds. The van der Waals surface area contributed by atoms with Crippen LogP contribution in [0.25, 0.3) is 10.8 Å². The number of pyridine rings is 1. The average Bonchev–Trinajstić information content (AvgIpc) is 2.15. The topological polar surface area (TPSA) is 22.1 Å². The molecule has 0 saturated carbocycles. The summed E-state index contributed by atoms with van der Waals surface area (Å²) in [5, 5.41) is 2.77. The lowest BCUT2D eigenvalue weighted by molar-refractivity contribution is 0.402. The van der Waals surface area contributed by atoms with E-state index < -0.39 is 0 Å². The predicted molar refractivity (Wildman–Crippen MR) is 58.0 cm³/mol. The predicted octanol–water partition coefficient (Wildman–Crippen LogP) is 3.21. The fraction of sp³-hybridized carbons (Fsp3) is 0.182. The molecule has 2 nitrogen and oxygen atoms in total. The van der Waals surface area contributed by atoms with E-state index in [0.29, 0.717) is 5.88 Å². The Kier molecular flexibility index (Phi) is 2.30. The molecule has 0 aliphatic heterocycles. The third-order valence-corrected chi connectivity index (χ3v) is 2.31. The Balaban J connectivity index is 2.81. The standard InChI is InChI=1S/C11H10ClNO/c1-7-5-8-6-9(12)3-4-10(8)11(13-7)14-2/h3-6H,1-2H3. The molecule has 0 bridgehead atoms. The second kappa shape index (κ2) is 3.46. The molecule has 0 aliphatic rings. The Labute approximate surface area is 87.5 Å². The first-order valence-electron chi connectivity index (χ1n) is 4.31. The van der Waals surface area contributed by atoms with E-state index in [-0.39, 0.29) is 0 Å². The Hall–Kier alpha value is -1.28. The van der Waals surface area contributed by atoms with Gasteiger partial charge >= 0.3 is 0 Å². The van der Waals surface area contributed by atoms with E-state index in [1.54, 1.807) is 7.11 Å². The van der Waals surface area contributed by atoms with Gasteiger partial charge in [0.25, 0.3) is 0 Å². The first-order valence-corrected chi connectivity index (χ1v) is 4.69. The summed E-state index contributed by atoms with van der Waals surface area (Å²) in [6.45, 7) is 1.93. The summed E-state index contributed by atoms with van der Waals surface area (Å²) < 4.78 is 5.19. The minimum Gasteiger partial charge on any atom is -0.481 e. The second-order valence-corrected chi connectivity index (χ2v) is 3.57. The first kappa shape index (κ1) is 9.28. The van der Waals surface area contributed by atoms with Gasteiger partial charge in [0.1, 0.15) is 0 Å². The molecule has 0 saturated heterocycles. The quantitative estimate of drug-likeness (QED) is 0.717. The van der Waals surface area contributed by atoms with Crippen LogP contribution in [0.3, 0.4) is 0 Å². The molecule has 1 aromatic carbocycles. The van der Waals surface area contributed by atoms with E-state index in [9.17, 15) is 0 Å². The molecule has 0 spiro atoms. The van der Waals surface area contributed by atoms with Crippen molar-refractivity contribution in [2.75, 3.05) is 7.11 Å². The van der Waals surface area contributed by atoms with E-state index in [4.69, 9.17) is 16.3 Å². The van der Waals surface area contributed by atoms with Gasteiger partial charge in [0.2, 0.25) is 5.88 Å². The van der Waals surface area contributed by atoms with Crippen LogP contribution in [0, 0.1) is 6.92 Å². The first-order chi connectivity index (χ1) is 6.70. The average molecular weight is 208 g/mol. The number of hydrogen-bond donors (Lipinski definition) is 0. The summed E-state index contributed by atoms with van der Waals surface area (Å²) in [4.78, 5) is 4.28. The number of fused-ring (bicyclic) bond motifs is 1. The number of aromatic nitrogens is 1. The van der Waals surface area contributed by atoms with Gasteiger partial charge < -0.3 is 4.74 Å². The lowest BCUT2D eigenvalue weighted by Crippen LogP contribution is -1.91. The molecule has 3 heteroatoms. The lowest BCUT2D eigenvalue weighted by atomic mass is 10.1. The van der Waals surface area contributed by atoms with Gasteiger partial charge in [-0.05, 0) is 36.6 Å². The number of aryl methyl sites for hydroxylation is 1. The lowest BCUT2D eigenvalue weighted by Gasteiger charge is -2.05.